The van der Waals surface area contributed by atoms with Crippen molar-refractivity contribution >= 4 is 5.57 Å². The van der Waals surface area contributed by atoms with Crippen molar-refractivity contribution in [2.24, 2.45) is 0 Å². The third-order valence-corrected chi connectivity index (χ3v) is 6.89. The van der Waals surface area contributed by atoms with E-state index in [-0.39, 0.29) is 46.9 Å². The van der Waals surface area contributed by atoms with E-state index in [1.807, 2.05) is 0 Å². The number of allylic oxidation sites excluding steroid dienone is 4. The van der Waals surface area contributed by atoms with Gasteiger partial charge in [0.25, 0.3) is 0 Å². The largest absolute Gasteiger partial charge is 1.00 e. The molecule has 0 spiro atoms. The zero-order valence-electron chi connectivity index (χ0n) is 18.8. The molecule has 0 saturated carbocycles. The molecule has 164 valence electrons. The molecular formula is C28H27Cl3Ti. The van der Waals surface area contributed by atoms with Crippen LogP contribution in [0.4, 0.5) is 0 Å². The first-order chi connectivity index (χ1) is 13.9. The minimum absolute atomic E-state index is 0. The number of rotatable bonds is 4. The van der Waals surface area contributed by atoms with E-state index >= 15 is 0 Å². The van der Waals surface area contributed by atoms with Gasteiger partial charge in [0, 0.05) is 0 Å². The van der Waals surface area contributed by atoms with Gasteiger partial charge in [-0.1, -0.05) is 0 Å². The van der Waals surface area contributed by atoms with Gasteiger partial charge in [0.2, 0.25) is 0 Å². The molecule has 0 saturated heterocycles. The van der Waals surface area contributed by atoms with Crippen LogP contribution >= 0.6 is 0 Å². The van der Waals surface area contributed by atoms with Crippen LogP contribution in [0.5, 0.6) is 0 Å². The Labute approximate surface area is 223 Å². The third-order valence-electron chi connectivity index (χ3n) is 5.76. The van der Waals surface area contributed by atoms with Crippen LogP contribution in [0.1, 0.15) is 44.9 Å². The van der Waals surface area contributed by atoms with Crippen molar-refractivity contribution in [1.29, 1.82) is 0 Å². The predicted molar refractivity (Wildman–Crippen MR) is 120 cm³/mol. The summed E-state index contributed by atoms with van der Waals surface area (Å²) in [5.41, 5.74) is 10.8. The van der Waals surface area contributed by atoms with Crippen molar-refractivity contribution in [2.75, 3.05) is 0 Å². The molecule has 0 nitrogen and oxygen atoms in total. The van der Waals surface area contributed by atoms with Gasteiger partial charge in [0.15, 0.2) is 0 Å². The van der Waals surface area contributed by atoms with Gasteiger partial charge in [-0.15, -0.1) is 0 Å². The summed E-state index contributed by atoms with van der Waals surface area (Å²) >= 11 is 2.40. The molecule has 0 N–H and O–H groups in total. The summed E-state index contributed by atoms with van der Waals surface area (Å²) in [4.78, 5) is 0. The molecule has 0 aliphatic heterocycles. The first kappa shape index (κ1) is 28.8. The number of halogens is 3. The molecule has 0 bridgehead atoms. The molecule has 1 unspecified atom stereocenters. The van der Waals surface area contributed by atoms with Crippen LogP contribution in [0.25, 0.3) is 5.57 Å². The van der Waals surface area contributed by atoms with Crippen LogP contribution in [-0.2, 0) is 20.4 Å². The summed E-state index contributed by atoms with van der Waals surface area (Å²) in [5, 5.41) is 0. The van der Waals surface area contributed by atoms with E-state index < -0.39 is 0 Å². The van der Waals surface area contributed by atoms with E-state index in [0.717, 1.165) is 0 Å². The quantitative estimate of drug-likeness (QED) is 0.367. The van der Waals surface area contributed by atoms with Gasteiger partial charge in [-0.05, 0) is 0 Å². The van der Waals surface area contributed by atoms with Gasteiger partial charge in [0.1, 0.15) is 0 Å². The van der Waals surface area contributed by atoms with E-state index in [1.54, 1.807) is 0 Å². The molecular weight excluding hydrogens is 491 g/mol. The minimum Gasteiger partial charge on any atom is -1.00 e. The van der Waals surface area contributed by atoms with E-state index in [2.05, 4.69) is 133 Å². The number of hydrogen-bond acceptors (Lipinski definition) is 0. The van der Waals surface area contributed by atoms with Gasteiger partial charge in [-0.2, -0.15) is 0 Å². The Morgan fingerprint density at radius 2 is 1.09 bits per heavy atom. The Morgan fingerprint density at radius 3 is 1.53 bits per heavy atom. The molecule has 1 aliphatic rings. The van der Waals surface area contributed by atoms with E-state index in [4.69, 9.17) is 0 Å². The van der Waals surface area contributed by atoms with Gasteiger partial charge in [-0.25, -0.2) is 0 Å². The van der Waals surface area contributed by atoms with Crippen molar-refractivity contribution in [3.63, 3.8) is 0 Å². The average Bonchev–Trinajstić information content (AvgIpc) is 3.03. The summed E-state index contributed by atoms with van der Waals surface area (Å²) in [6, 6.07) is 24.8. The molecule has 0 heterocycles. The molecule has 4 heteroatoms. The van der Waals surface area contributed by atoms with Crippen molar-refractivity contribution in [2.45, 2.75) is 37.3 Å². The van der Waals surface area contributed by atoms with Crippen LogP contribution in [-0.4, -0.2) is 0 Å². The fourth-order valence-electron chi connectivity index (χ4n) is 4.80. The SMILES string of the molecule is Cc1cc(C)cc(C(c2cc(C)cc(C)c2)[C]2([Ti+3])C=CC=C2c2ccccc2)c1.[Cl-].[Cl-].[Cl-]. The maximum absolute atomic E-state index is 2.40. The molecule has 32 heavy (non-hydrogen) atoms. The predicted octanol–water partition coefficient (Wildman–Crippen LogP) is -1.58. The Balaban J connectivity index is 0.00000171. The molecule has 1 atom stereocenters. The van der Waals surface area contributed by atoms with Gasteiger partial charge >= 0.3 is 187 Å². The zero-order valence-corrected chi connectivity index (χ0v) is 22.6. The Hall–Kier alpha value is -1.28. The normalized spacial score (nSPS) is 16.7. The molecule has 3 aromatic rings. The van der Waals surface area contributed by atoms with E-state index in [1.165, 1.54) is 44.5 Å². The van der Waals surface area contributed by atoms with E-state index in [0.29, 0.717) is 0 Å². The first-order valence-electron chi connectivity index (χ1n) is 10.2. The van der Waals surface area contributed by atoms with Gasteiger partial charge < -0.3 is 37.2 Å². The monoisotopic (exact) mass is 516 g/mol. The second kappa shape index (κ2) is 11.7. The van der Waals surface area contributed by atoms with Crippen molar-refractivity contribution < 1.29 is 57.7 Å². The topological polar surface area (TPSA) is 0 Å². The summed E-state index contributed by atoms with van der Waals surface area (Å²) in [6.07, 6.45) is 6.93. The van der Waals surface area contributed by atoms with Crippen LogP contribution in [0, 0.1) is 27.7 Å². The second-order valence-corrected chi connectivity index (χ2v) is 9.74. The molecule has 0 radical (unpaired) electrons. The van der Waals surface area contributed by atoms with Crippen LogP contribution < -0.4 is 37.2 Å². The van der Waals surface area contributed by atoms with Crippen molar-refractivity contribution in [3.05, 3.63) is 124 Å². The molecule has 1 aliphatic carbocycles. The van der Waals surface area contributed by atoms with Crippen LogP contribution in [0.2, 0.25) is 3.72 Å². The molecule has 3 aromatic carbocycles. The molecule has 4 rings (SSSR count). The molecule has 0 fully saturated rings. The Bertz CT molecular complexity index is 1030. The fourth-order valence-corrected chi connectivity index (χ4v) is 5.83. The zero-order chi connectivity index (χ0) is 20.6. The van der Waals surface area contributed by atoms with E-state index in [9.17, 15) is 0 Å². The smallest absolute Gasteiger partial charge is 1.00 e. The van der Waals surface area contributed by atoms with Crippen molar-refractivity contribution in [3.8, 4) is 0 Å². The van der Waals surface area contributed by atoms with Crippen molar-refractivity contribution in [1.82, 2.24) is 0 Å². The summed E-state index contributed by atoms with van der Waals surface area (Å²) in [7, 11) is 0. The number of aryl methyl sites for hydroxylation is 4. The maximum atomic E-state index is 2.40. The van der Waals surface area contributed by atoms with Gasteiger partial charge in [-0.3, -0.25) is 0 Å². The summed E-state index contributed by atoms with van der Waals surface area (Å²) in [5.74, 6) is 0.255. The first-order valence-corrected chi connectivity index (χ1v) is 11.0. The third kappa shape index (κ3) is 5.80. The number of benzene rings is 3. The minimum atomic E-state index is -0.109. The molecule has 0 aromatic heterocycles. The standard InChI is InChI=1S/C28H27.3ClH.Ti/c1-19-13-20(2)16-24(15-19)28(25-17-21(3)14-22(4)18-25)27-12-8-11-26(27)23-9-6-5-7-10-23;;;;/h5-18,28H,1-4H3;3*1H;/q;;;;+3/p-3. The summed E-state index contributed by atoms with van der Waals surface area (Å²) < 4.78 is -0.109. The number of hydrogen-bond donors (Lipinski definition) is 0. The average molecular weight is 518 g/mol. The van der Waals surface area contributed by atoms with Crippen LogP contribution in [0.15, 0.2) is 85.0 Å². The van der Waals surface area contributed by atoms with Gasteiger partial charge in [0.05, 0.1) is 0 Å². The second-order valence-electron chi connectivity index (χ2n) is 8.45. The molecule has 0 amide bonds. The fraction of sp³-hybridized carbons (Fsp3) is 0.214. The maximum Gasteiger partial charge on any atom is -1.00 e. The summed E-state index contributed by atoms with van der Waals surface area (Å²) in [6.45, 7) is 8.82. The Kier molecular flexibility index (Phi) is 10.5. The van der Waals surface area contributed by atoms with Crippen LogP contribution in [0.3, 0.4) is 0 Å². The Morgan fingerprint density at radius 1 is 0.656 bits per heavy atom.